The van der Waals surface area contributed by atoms with Crippen LogP contribution in [0, 0.1) is 23.6 Å². The van der Waals surface area contributed by atoms with Crippen molar-refractivity contribution in [3.63, 3.8) is 0 Å². The van der Waals surface area contributed by atoms with E-state index in [1.807, 2.05) is 0 Å². The molecule has 2 aliphatic rings. The van der Waals surface area contributed by atoms with Gasteiger partial charge < -0.3 is 0 Å². The molecule has 0 N–H and O–H groups in total. The molecule has 2 fully saturated rings. The van der Waals surface area contributed by atoms with Crippen molar-refractivity contribution in [3.8, 4) is 0 Å². The van der Waals surface area contributed by atoms with Gasteiger partial charge in [-0.3, -0.25) is 14.5 Å². The summed E-state index contributed by atoms with van der Waals surface area (Å²) in [6.45, 7) is 2.10. The molecular weight excluding hydrogens is 281 g/mol. The average Bonchev–Trinajstić information content (AvgIpc) is 2.65. The highest BCUT2D eigenvalue weighted by atomic mass is 35.5. The van der Waals surface area contributed by atoms with Crippen LogP contribution < -0.4 is 4.90 Å². The number of hydrogen-bond acceptors (Lipinski definition) is 2. The van der Waals surface area contributed by atoms with Gasteiger partial charge in [0.05, 0.1) is 22.5 Å². The zero-order chi connectivity index (χ0) is 14.4. The summed E-state index contributed by atoms with van der Waals surface area (Å²) in [5, 5.41) is -0.0775. The first-order valence-electron chi connectivity index (χ1n) is 6.82. The van der Waals surface area contributed by atoms with Crippen molar-refractivity contribution in [1.82, 2.24) is 0 Å². The first-order valence-corrected chi connectivity index (χ1v) is 7.19. The molecule has 3 rings (SSSR count). The maximum absolute atomic E-state index is 13.2. The van der Waals surface area contributed by atoms with E-state index in [4.69, 9.17) is 11.6 Å². The number of carbonyl (C=O) groups is 2. The molecule has 1 saturated heterocycles. The lowest BCUT2D eigenvalue weighted by molar-refractivity contribution is -0.122. The summed E-state index contributed by atoms with van der Waals surface area (Å²) in [4.78, 5) is 26.1. The number of rotatable bonds is 1. The van der Waals surface area contributed by atoms with E-state index in [-0.39, 0.29) is 28.7 Å². The van der Waals surface area contributed by atoms with Gasteiger partial charge in [-0.2, -0.15) is 0 Å². The number of fused-ring (bicyclic) bond motifs is 1. The fourth-order valence-electron chi connectivity index (χ4n) is 3.27. The molecule has 0 aromatic heterocycles. The number of hydrogen-bond donors (Lipinski definition) is 0. The molecule has 0 radical (unpaired) electrons. The van der Waals surface area contributed by atoms with E-state index in [9.17, 15) is 14.0 Å². The van der Waals surface area contributed by atoms with Crippen molar-refractivity contribution in [2.75, 3.05) is 4.90 Å². The van der Waals surface area contributed by atoms with E-state index in [1.165, 1.54) is 23.1 Å². The number of amides is 2. The third-order valence-corrected chi connectivity index (χ3v) is 4.64. The van der Waals surface area contributed by atoms with Gasteiger partial charge in [0.1, 0.15) is 5.82 Å². The standard InChI is InChI=1S/C15H15ClFNO2/c1-8-2-4-10-11(6-8)15(20)18(14(10)19)9-3-5-13(17)12(16)7-9/h3,5,7-8,10-11H,2,4,6H2,1H3/t8-,10+,11+/m1/s1. The second-order valence-electron chi connectivity index (χ2n) is 5.74. The Labute approximate surface area is 121 Å². The molecule has 106 valence electrons. The Balaban J connectivity index is 1.96. The minimum absolute atomic E-state index is 0.0775. The van der Waals surface area contributed by atoms with Crippen LogP contribution in [0.1, 0.15) is 26.2 Å². The Hall–Kier alpha value is -1.42. The van der Waals surface area contributed by atoms with Crippen molar-refractivity contribution >= 4 is 29.1 Å². The minimum atomic E-state index is -0.555. The SMILES string of the molecule is C[C@@H]1CC[C@@H]2C(=O)N(c3ccc(F)c(Cl)c3)C(=O)[C@H]2C1. The van der Waals surface area contributed by atoms with Crippen LogP contribution in [-0.4, -0.2) is 11.8 Å². The summed E-state index contributed by atoms with van der Waals surface area (Å²) in [6, 6.07) is 3.95. The number of nitrogens with zero attached hydrogens (tertiary/aromatic N) is 1. The summed E-state index contributed by atoms with van der Waals surface area (Å²) in [7, 11) is 0. The number of anilines is 1. The highest BCUT2D eigenvalue weighted by Crippen LogP contribution is 2.42. The molecule has 1 aromatic carbocycles. The Morgan fingerprint density at radius 1 is 1.20 bits per heavy atom. The van der Waals surface area contributed by atoms with E-state index >= 15 is 0 Å². The summed E-state index contributed by atoms with van der Waals surface area (Å²) in [5.41, 5.74) is 0.369. The molecule has 3 nitrogen and oxygen atoms in total. The molecule has 1 aliphatic carbocycles. The smallest absolute Gasteiger partial charge is 0.237 e. The quantitative estimate of drug-likeness (QED) is 0.745. The monoisotopic (exact) mass is 295 g/mol. The van der Waals surface area contributed by atoms with Gasteiger partial charge in [-0.15, -0.1) is 0 Å². The molecule has 1 aromatic rings. The van der Waals surface area contributed by atoms with Crippen molar-refractivity contribution < 1.29 is 14.0 Å². The van der Waals surface area contributed by atoms with Gasteiger partial charge in [0.15, 0.2) is 0 Å². The van der Waals surface area contributed by atoms with Gasteiger partial charge in [0, 0.05) is 0 Å². The largest absolute Gasteiger partial charge is 0.274 e. The maximum atomic E-state index is 13.2. The van der Waals surface area contributed by atoms with Gasteiger partial charge in [0.2, 0.25) is 11.8 Å². The predicted octanol–water partition coefficient (Wildman–Crippen LogP) is 3.40. The summed E-state index contributed by atoms with van der Waals surface area (Å²) in [6.07, 6.45) is 2.47. The van der Waals surface area contributed by atoms with Gasteiger partial charge in [-0.1, -0.05) is 18.5 Å². The van der Waals surface area contributed by atoms with Crippen molar-refractivity contribution in [2.45, 2.75) is 26.2 Å². The molecular formula is C15H15ClFNO2. The van der Waals surface area contributed by atoms with E-state index in [2.05, 4.69) is 6.92 Å². The van der Waals surface area contributed by atoms with Crippen LogP contribution in [0.5, 0.6) is 0 Å². The van der Waals surface area contributed by atoms with Crippen molar-refractivity contribution in [2.24, 2.45) is 17.8 Å². The number of imide groups is 1. The van der Waals surface area contributed by atoms with Gasteiger partial charge in [-0.25, -0.2) is 4.39 Å². The van der Waals surface area contributed by atoms with Crippen LogP contribution >= 0.6 is 11.6 Å². The highest BCUT2D eigenvalue weighted by molar-refractivity contribution is 6.31. The fourth-order valence-corrected chi connectivity index (χ4v) is 3.44. The molecule has 1 saturated carbocycles. The third kappa shape index (κ3) is 2.03. The molecule has 0 spiro atoms. The van der Waals surface area contributed by atoms with Crippen LogP contribution in [-0.2, 0) is 9.59 Å². The lowest BCUT2D eigenvalue weighted by Crippen LogP contribution is -2.30. The van der Waals surface area contributed by atoms with Gasteiger partial charge in [-0.05, 0) is 43.4 Å². The molecule has 1 aliphatic heterocycles. The van der Waals surface area contributed by atoms with E-state index in [0.29, 0.717) is 11.6 Å². The molecule has 20 heavy (non-hydrogen) atoms. The fraction of sp³-hybridized carbons (Fsp3) is 0.467. The van der Waals surface area contributed by atoms with Crippen LogP contribution in [0.2, 0.25) is 5.02 Å². The van der Waals surface area contributed by atoms with Crippen LogP contribution in [0.15, 0.2) is 18.2 Å². The summed E-state index contributed by atoms with van der Waals surface area (Å²) in [5.74, 6) is -0.883. The molecule has 3 atom stereocenters. The molecule has 1 heterocycles. The minimum Gasteiger partial charge on any atom is -0.274 e. The maximum Gasteiger partial charge on any atom is 0.237 e. The molecule has 2 amide bonds. The third-order valence-electron chi connectivity index (χ3n) is 4.35. The lowest BCUT2D eigenvalue weighted by Gasteiger charge is -2.25. The lowest BCUT2D eigenvalue weighted by atomic mass is 9.76. The number of benzene rings is 1. The van der Waals surface area contributed by atoms with Crippen LogP contribution in [0.4, 0.5) is 10.1 Å². The predicted molar refractivity (Wildman–Crippen MR) is 73.9 cm³/mol. The van der Waals surface area contributed by atoms with E-state index in [1.54, 1.807) is 0 Å². The molecule has 5 heteroatoms. The Kier molecular flexibility index (Phi) is 3.28. The highest BCUT2D eigenvalue weighted by Gasteiger charge is 2.49. The normalized spacial score (nSPS) is 29.8. The number of halogens is 2. The second kappa shape index (κ2) is 4.85. The van der Waals surface area contributed by atoms with E-state index < -0.39 is 5.82 Å². The van der Waals surface area contributed by atoms with E-state index in [0.717, 1.165) is 19.3 Å². The first kappa shape index (κ1) is 13.6. The average molecular weight is 296 g/mol. The first-order chi connectivity index (χ1) is 9.49. The second-order valence-corrected chi connectivity index (χ2v) is 6.15. The summed E-state index contributed by atoms with van der Waals surface area (Å²) >= 11 is 5.74. The van der Waals surface area contributed by atoms with Gasteiger partial charge in [0.25, 0.3) is 0 Å². The Bertz CT molecular complexity index is 589. The zero-order valence-electron chi connectivity index (χ0n) is 11.1. The van der Waals surface area contributed by atoms with Gasteiger partial charge >= 0.3 is 0 Å². The summed E-state index contributed by atoms with van der Waals surface area (Å²) < 4.78 is 13.2. The Morgan fingerprint density at radius 3 is 2.60 bits per heavy atom. The Morgan fingerprint density at radius 2 is 1.90 bits per heavy atom. The zero-order valence-corrected chi connectivity index (χ0v) is 11.9. The number of carbonyl (C=O) groups excluding carboxylic acids is 2. The van der Waals surface area contributed by atoms with Crippen molar-refractivity contribution in [1.29, 1.82) is 0 Å². The molecule has 0 unspecified atom stereocenters. The van der Waals surface area contributed by atoms with Crippen molar-refractivity contribution in [3.05, 3.63) is 29.0 Å². The molecule has 0 bridgehead atoms. The van der Waals surface area contributed by atoms with Crippen LogP contribution in [0.3, 0.4) is 0 Å². The topological polar surface area (TPSA) is 37.4 Å². The van der Waals surface area contributed by atoms with Crippen LogP contribution in [0.25, 0.3) is 0 Å².